The quantitative estimate of drug-likeness (QED) is 0.549. The van der Waals surface area contributed by atoms with E-state index in [9.17, 15) is 0 Å². The first-order chi connectivity index (χ1) is 5.20. The van der Waals surface area contributed by atoms with Gasteiger partial charge in [-0.3, -0.25) is 0 Å². The van der Waals surface area contributed by atoms with Crippen LogP contribution in [0.15, 0.2) is 0 Å². The average Bonchev–Trinajstić information content (AvgIpc) is 2.26. The van der Waals surface area contributed by atoms with Gasteiger partial charge < -0.3 is 4.74 Å². The average molecular weight is 152 g/mol. The molecule has 0 bridgehead atoms. The van der Waals surface area contributed by atoms with E-state index in [0.29, 0.717) is 17.9 Å². The fourth-order valence-corrected chi connectivity index (χ4v) is 2.07. The fraction of sp³-hybridized carbons (Fsp3) is 1.00. The van der Waals surface area contributed by atoms with Gasteiger partial charge in [0, 0.05) is 6.00 Å². The normalized spacial score (nSPS) is 44.6. The van der Waals surface area contributed by atoms with Gasteiger partial charge in [-0.05, 0) is 18.3 Å². The highest BCUT2D eigenvalue weighted by atomic mass is 16.5. The Morgan fingerprint density at radius 2 is 1.91 bits per heavy atom. The van der Waals surface area contributed by atoms with Gasteiger partial charge in [-0.1, -0.05) is 27.2 Å². The van der Waals surface area contributed by atoms with Gasteiger partial charge in [0.2, 0.25) is 0 Å². The zero-order valence-electron chi connectivity index (χ0n) is 7.71. The molecule has 1 rings (SSSR count). The summed E-state index contributed by atoms with van der Waals surface area (Å²) in [6, 6.07) is -0.0139. The first kappa shape index (κ1) is 9.12. The molecule has 1 unspecified atom stereocenters. The molecule has 0 amide bonds. The lowest BCUT2D eigenvalue weighted by Crippen LogP contribution is -2.18. The molecule has 0 N–H and O–H groups in total. The predicted octanol–water partition coefficient (Wildman–Crippen LogP) is 1.95. The lowest BCUT2D eigenvalue weighted by atomic mass is 9.78. The van der Waals surface area contributed by atoms with Crippen LogP contribution < -0.4 is 0 Å². The summed E-state index contributed by atoms with van der Waals surface area (Å²) in [5, 5.41) is 0. The highest BCUT2D eigenvalue weighted by Gasteiger charge is 2.36. The number of rotatable bonds is 2. The molecule has 0 aromatic heterocycles. The van der Waals surface area contributed by atoms with Crippen molar-refractivity contribution < 1.29 is 4.74 Å². The van der Waals surface area contributed by atoms with Crippen LogP contribution in [0.25, 0.3) is 0 Å². The first-order valence-corrected chi connectivity index (χ1v) is 4.61. The minimum atomic E-state index is -0.0139. The van der Waals surface area contributed by atoms with Crippen LogP contribution in [0, 0.1) is 11.8 Å². The monoisotopic (exact) mass is 152 g/mol. The molecular formula is C9H17BO. The molecule has 0 aromatic carbocycles. The minimum Gasteiger partial charge on any atom is -0.384 e. The maximum atomic E-state index is 5.82. The van der Waals surface area contributed by atoms with Crippen LogP contribution >= 0.6 is 0 Å². The zero-order chi connectivity index (χ0) is 8.43. The number of hydrogen-bond acceptors (Lipinski definition) is 1. The lowest BCUT2D eigenvalue weighted by molar-refractivity contribution is 0.0692. The van der Waals surface area contributed by atoms with Gasteiger partial charge in [0.25, 0.3) is 0 Å². The van der Waals surface area contributed by atoms with Crippen molar-refractivity contribution in [3.63, 3.8) is 0 Å². The molecule has 0 spiro atoms. The van der Waals surface area contributed by atoms with E-state index in [0.717, 1.165) is 12.8 Å². The van der Waals surface area contributed by atoms with Crippen molar-refractivity contribution in [1.82, 2.24) is 0 Å². The molecule has 0 aromatic rings. The molecule has 2 radical (unpaired) electrons. The maximum Gasteiger partial charge on any atom is 0.109 e. The van der Waals surface area contributed by atoms with E-state index in [1.54, 1.807) is 0 Å². The van der Waals surface area contributed by atoms with E-state index in [2.05, 4.69) is 20.8 Å². The summed E-state index contributed by atoms with van der Waals surface area (Å²) in [5.41, 5.74) is 0. The van der Waals surface area contributed by atoms with Crippen molar-refractivity contribution in [2.24, 2.45) is 11.8 Å². The van der Waals surface area contributed by atoms with E-state index in [1.165, 1.54) is 0 Å². The van der Waals surface area contributed by atoms with Gasteiger partial charge in [-0.2, -0.15) is 0 Å². The molecule has 1 nitrogen and oxygen atoms in total. The summed E-state index contributed by atoms with van der Waals surface area (Å²) < 4.78 is 5.60. The molecule has 11 heavy (non-hydrogen) atoms. The van der Waals surface area contributed by atoms with Gasteiger partial charge in [-0.25, -0.2) is 0 Å². The van der Waals surface area contributed by atoms with Crippen LogP contribution in [0.3, 0.4) is 0 Å². The van der Waals surface area contributed by atoms with Crippen molar-refractivity contribution >= 4 is 7.85 Å². The van der Waals surface area contributed by atoms with Crippen LogP contribution in [0.2, 0.25) is 0 Å². The first-order valence-electron chi connectivity index (χ1n) is 4.61. The third-order valence-corrected chi connectivity index (χ3v) is 2.89. The largest absolute Gasteiger partial charge is 0.384 e. The summed E-state index contributed by atoms with van der Waals surface area (Å²) in [6.45, 7) is 6.59. The van der Waals surface area contributed by atoms with Crippen LogP contribution in [-0.4, -0.2) is 20.0 Å². The molecule has 0 aliphatic carbocycles. The standard InChI is InChI=1S/C9H17BO/c1-4-7-6(3)8(5-2)11-9(7)10/h6-9H,4-5H2,1-3H3/t6?,7-,8+,9+/m0/s1. The smallest absolute Gasteiger partial charge is 0.109 e. The van der Waals surface area contributed by atoms with Crippen molar-refractivity contribution in [2.75, 3.05) is 0 Å². The summed E-state index contributed by atoms with van der Waals surface area (Å²) in [7, 11) is 5.82. The zero-order valence-corrected chi connectivity index (χ0v) is 7.71. The maximum absolute atomic E-state index is 5.82. The Bertz CT molecular complexity index is 127. The molecule has 4 atom stereocenters. The van der Waals surface area contributed by atoms with Crippen LogP contribution in [0.4, 0.5) is 0 Å². The van der Waals surface area contributed by atoms with E-state index in [-0.39, 0.29) is 6.00 Å². The Labute approximate surface area is 70.9 Å². The Balaban J connectivity index is 2.55. The summed E-state index contributed by atoms with van der Waals surface area (Å²) >= 11 is 0. The highest BCUT2D eigenvalue weighted by molar-refractivity contribution is 6.11. The highest BCUT2D eigenvalue weighted by Crippen LogP contribution is 2.34. The van der Waals surface area contributed by atoms with Crippen molar-refractivity contribution in [1.29, 1.82) is 0 Å². The van der Waals surface area contributed by atoms with Crippen molar-refractivity contribution in [2.45, 2.75) is 45.7 Å². The molecule has 1 aliphatic rings. The minimum absolute atomic E-state index is 0.0139. The Kier molecular flexibility index (Phi) is 3.00. The van der Waals surface area contributed by atoms with E-state index >= 15 is 0 Å². The van der Waals surface area contributed by atoms with Gasteiger partial charge in [0.05, 0.1) is 6.10 Å². The van der Waals surface area contributed by atoms with Crippen LogP contribution in [-0.2, 0) is 4.74 Å². The van der Waals surface area contributed by atoms with Gasteiger partial charge >= 0.3 is 0 Å². The summed E-state index contributed by atoms with van der Waals surface area (Å²) in [5.74, 6) is 1.21. The van der Waals surface area contributed by atoms with Crippen molar-refractivity contribution in [3.8, 4) is 0 Å². The molecule has 1 aliphatic heterocycles. The Morgan fingerprint density at radius 3 is 2.18 bits per heavy atom. The van der Waals surface area contributed by atoms with Gasteiger partial charge in [0.15, 0.2) is 0 Å². The molecule has 2 heteroatoms. The summed E-state index contributed by atoms with van der Waals surface area (Å²) in [6.07, 6.45) is 2.62. The van der Waals surface area contributed by atoms with Gasteiger partial charge in [-0.15, -0.1) is 0 Å². The second-order valence-corrected chi connectivity index (χ2v) is 3.48. The Hall–Kier alpha value is 0.0249. The van der Waals surface area contributed by atoms with Crippen molar-refractivity contribution in [3.05, 3.63) is 0 Å². The Morgan fingerprint density at radius 1 is 1.27 bits per heavy atom. The van der Waals surface area contributed by atoms with E-state index in [1.807, 2.05) is 0 Å². The van der Waals surface area contributed by atoms with Crippen LogP contribution in [0.5, 0.6) is 0 Å². The molecule has 1 heterocycles. The molecule has 62 valence electrons. The van der Waals surface area contributed by atoms with Gasteiger partial charge in [0.1, 0.15) is 7.85 Å². The molecule has 0 saturated carbocycles. The second kappa shape index (κ2) is 3.62. The predicted molar refractivity (Wildman–Crippen MR) is 47.7 cm³/mol. The summed E-state index contributed by atoms with van der Waals surface area (Å²) in [4.78, 5) is 0. The van der Waals surface area contributed by atoms with E-state index < -0.39 is 0 Å². The fourth-order valence-electron chi connectivity index (χ4n) is 2.07. The SMILES string of the molecule is [B][C@@H]1O[C@H](CC)C(C)[C@@H]1CC. The van der Waals surface area contributed by atoms with E-state index in [4.69, 9.17) is 12.6 Å². The third-order valence-electron chi connectivity index (χ3n) is 2.89. The number of hydrogen-bond donors (Lipinski definition) is 0. The third kappa shape index (κ3) is 1.61. The number of ether oxygens (including phenoxy) is 1. The molecular weight excluding hydrogens is 135 g/mol. The van der Waals surface area contributed by atoms with Crippen LogP contribution in [0.1, 0.15) is 33.6 Å². The topological polar surface area (TPSA) is 9.23 Å². The lowest BCUT2D eigenvalue weighted by Gasteiger charge is -2.16. The molecule has 1 saturated heterocycles. The second-order valence-electron chi connectivity index (χ2n) is 3.48. The molecule has 1 fully saturated rings.